The molecule has 0 radical (unpaired) electrons. The molecule has 114 valence electrons. The number of carbonyl (C=O) groups excluding carboxylic acids is 1. The average Bonchev–Trinajstić information content (AvgIpc) is 2.39. The van der Waals surface area contributed by atoms with Gasteiger partial charge in [0.1, 0.15) is 0 Å². The van der Waals surface area contributed by atoms with Crippen LogP contribution in [0.15, 0.2) is 0 Å². The first-order valence-electron chi connectivity index (χ1n) is 7.68. The van der Waals surface area contributed by atoms with Gasteiger partial charge in [-0.15, -0.1) is 0 Å². The van der Waals surface area contributed by atoms with Crippen molar-refractivity contribution in [1.82, 2.24) is 0 Å². The molecule has 4 nitrogen and oxygen atoms in total. The summed E-state index contributed by atoms with van der Waals surface area (Å²) < 4.78 is 0. The number of nitrogens with two attached hydrogens (primary N) is 1. The zero-order chi connectivity index (χ0) is 14.6. The highest BCUT2D eigenvalue weighted by molar-refractivity contribution is 5.78. The molecule has 4 heteroatoms. The Morgan fingerprint density at radius 2 is 1.42 bits per heavy atom. The normalized spacial score (nSPS) is 14.1. The van der Waals surface area contributed by atoms with Crippen molar-refractivity contribution >= 4 is 5.97 Å². The van der Waals surface area contributed by atoms with Crippen molar-refractivity contribution in [3.8, 4) is 0 Å². The number of rotatable bonds is 12. The summed E-state index contributed by atoms with van der Waals surface area (Å²) >= 11 is 0. The van der Waals surface area contributed by atoms with Crippen LogP contribution in [0, 0.1) is 0 Å². The van der Waals surface area contributed by atoms with Crippen molar-refractivity contribution in [3.63, 3.8) is 0 Å². The minimum absolute atomic E-state index is 0.416. The standard InChI is InChI=1S/C15H31NO3/c1-3-4-5-6-7-8-9-10-11-12-13-15(2,18)14(17)19-16/h18H,3-13,16H2,1-2H3. The minimum atomic E-state index is -1.44. The highest BCUT2D eigenvalue weighted by Gasteiger charge is 2.30. The van der Waals surface area contributed by atoms with Crippen LogP contribution in [0.3, 0.4) is 0 Å². The Bertz CT molecular complexity index is 229. The van der Waals surface area contributed by atoms with Crippen LogP contribution in [0.1, 0.15) is 84.5 Å². The molecule has 0 heterocycles. The largest absolute Gasteiger partial charge is 0.378 e. The Morgan fingerprint density at radius 3 is 1.84 bits per heavy atom. The molecule has 3 N–H and O–H groups in total. The van der Waals surface area contributed by atoms with Crippen molar-refractivity contribution in [2.24, 2.45) is 5.90 Å². The van der Waals surface area contributed by atoms with Crippen molar-refractivity contribution in [1.29, 1.82) is 0 Å². The molecule has 19 heavy (non-hydrogen) atoms. The summed E-state index contributed by atoms with van der Waals surface area (Å²) in [6.07, 6.45) is 12.7. The zero-order valence-corrected chi connectivity index (χ0v) is 12.6. The summed E-state index contributed by atoms with van der Waals surface area (Å²) in [6, 6.07) is 0. The summed E-state index contributed by atoms with van der Waals surface area (Å²) in [6.45, 7) is 3.69. The predicted molar refractivity (Wildman–Crippen MR) is 77.4 cm³/mol. The summed E-state index contributed by atoms with van der Waals surface area (Å²) in [5.41, 5.74) is -1.44. The summed E-state index contributed by atoms with van der Waals surface area (Å²) in [5, 5.41) is 9.75. The number of unbranched alkanes of at least 4 members (excludes halogenated alkanes) is 9. The van der Waals surface area contributed by atoms with Crippen LogP contribution in [0.25, 0.3) is 0 Å². The average molecular weight is 273 g/mol. The molecule has 1 unspecified atom stereocenters. The molecule has 0 saturated heterocycles. The number of carbonyl (C=O) groups is 1. The lowest BCUT2D eigenvalue weighted by Crippen LogP contribution is -2.38. The second-order valence-corrected chi connectivity index (χ2v) is 5.61. The van der Waals surface area contributed by atoms with Crippen molar-refractivity contribution in [2.45, 2.75) is 90.1 Å². The fraction of sp³-hybridized carbons (Fsp3) is 0.933. The maximum absolute atomic E-state index is 11.1. The summed E-state index contributed by atoms with van der Waals surface area (Å²) in [4.78, 5) is 15.2. The Kier molecular flexibility index (Phi) is 10.9. The number of aliphatic hydroxyl groups is 1. The van der Waals surface area contributed by atoms with Gasteiger partial charge in [-0.2, -0.15) is 5.90 Å². The lowest BCUT2D eigenvalue weighted by atomic mass is 9.97. The van der Waals surface area contributed by atoms with Crippen LogP contribution >= 0.6 is 0 Å². The van der Waals surface area contributed by atoms with Crippen molar-refractivity contribution in [3.05, 3.63) is 0 Å². The van der Waals surface area contributed by atoms with Crippen molar-refractivity contribution < 1.29 is 14.7 Å². The van der Waals surface area contributed by atoms with Crippen LogP contribution in [0.5, 0.6) is 0 Å². The molecule has 0 aliphatic rings. The van der Waals surface area contributed by atoms with E-state index in [0.717, 1.165) is 12.8 Å². The molecule has 0 amide bonds. The van der Waals surface area contributed by atoms with Gasteiger partial charge in [0, 0.05) is 0 Å². The Balaban J connectivity index is 3.33. The van der Waals surface area contributed by atoms with Crippen molar-refractivity contribution in [2.75, 3.05) is 0 Å². The lowest BCUT2D eigenvalue weighted by Gasteiger charge is -2.19. The molecular formula is C15H31NO3. The molecule has 0 fully saturated rings. The highest BCUT2D eigenvalue weighted by Crippen LogP contribution is 2.17. The second-order valence-electron chi connectivity index (χ2n) is 5.61. The highest BCUT2D eigenvalue weighted by atomic mass is 16.7. The van der Waals surface area contributed by atoms with E-state index in [1.54, 1.807) is 0 Å². The van der Waals surface area contributed by atoms with Gasteiger partial charge in [0.15, 0.2) is 5.60 Å². The smallest absolute Gasteiger partial charge is 0.356 e. The molecule has 0 aromatic carbocycles. The van der Waals surface area contributed by atoms with Gasteiger partial charge in [-0.05, 0) is 19.8 Å². The van der Waals surface area contributed by atoms with Gasteiger partial charge in [0.25, 0.3) is 0 Å². The van der Waals surface area contributed by atoms with Gasteiger partial charge in [0.2, 0.25) is 0 Å². The number of hydrogen-bond donors (Lipinski definition) is 2. The van der Waals surface area contributed by atoms with Gasteiger partial charge >= 0.3 is 5.97 Å². The molecule has 0 aromatic rings. The van der Waals surface area contributed by atoms with E-state index in [1.165, 1.54) is 58.3 Å². The molecule has 0 rings (SSSR count). The van der Waals surface area contributed by atoms with E-state index in [1.807, 2.05) is 0 Å². The Labute approximate surface area is 117 Å². The first-order valence-corrected chi connectivity index (χ1v) is 7.68. The summed E-state index contributed by atoms with van der Waals surface area (Å²) in [5.74, 6) is 4.02. The zero-order valence-electron chi connectivity index (χ0n) is 12.6. The Morgan fingerprint density at radius 1 is 1.00 bits per heavy atom. The first-order chi connectivity index (χ1) is 9.04. The van der Waals surface area contributed by atoms with E-state index < -0.39 is 11.6 Å². The van der Waals surface area contributed by atoms with Gasteiger partial charge in [-0.3, -0.25) is 0 Å². The molecule has 0 aliphatic heterocycles. The van der Waals surface area contributed by atoms with Gasteiger partial charge in [0.05, 0.1) is 0 Å². The topological polar surface area (TPSA) is 72.5 Å². The molecule has 0 bridgehead atoms. The maximum Gasteiger partial charge on any atom is 0.356 e. The SMILES string of the molecule is CCCCCCCCCCCCC(C)(O)C(=O)ON. The second kappa shape index (κ2) is 11.2. The quantitative estimate of drug-likeness (QED) is 0.422. The predicted octanol–water partition coefficient (Wildman–Crippen LogP) is 3.47. The fourth-order valence-electron chi connectivity index (χ4n) is 2.19. The van der Waals surface area contributed by atoms with E-state index in [4.69, 9.17) is 5.90 Å². The third kappa shape index (κ3) is 9.91. The van der Waals surface area contributed by atoms with Gasteiger partial charge in [-0.25, -0.2) is 4.79 Å². The van der Waals surface area contributed by atoms with E-state index in [0.29, 0.717) is 6.42 Å². The van der Waals surface area contributed by atoms with E-state index >= 15 is 0 Å². The van der Waals surface area contributed by atoms with Crippen LogP contribution in [-0.2, 0) is 9.63 Å². The van der Waals surface area contributed by atoms with Crippen LogP contribution in [0.2, 0.25) is 0 Å². The van der Waals surface area contributed by atoms with Gasteiger partial charge < -0.3 is 9.94 Å². The van der Waals surface area contributed by atoms with Gasteiger partial charge in [-0.1, -0.05) is 64.7 Å². The van der Waals surface area contributed by atoms with E-state index in [9.17, 15) is 9.90 Å². The third-order valence-corrected chi connectivity index (χ3v) is 3.56. The van der Waals surface area contributed by atoms with E-state index in [-0.39, 0.29) is 0 Å². The van der Waals surface area contributed by atoms with Crippen LogP contribution < -0.4 is 5.90 Å². The lowest BCUT2D eigenvalue weighted by molar-refractivity contribution is -0.165. The molecule has 0 aromatic heterocycles. The molecule has 0 saturated carbocycles. The maximum atomic E-state index is 11.1. The number of hydrogen-bond acceptors (Lipinski definition) is 4. The monoisotopic (exact) mass is 273 g/mol. The summed E-state index contributed by atoms with van der Waals surface area (Å²) in [7, 11) is 0. The minimum Gasteiger partial charge on any atom is -0.378 e. The molecule has 0 aliphatic carbocycles. The Hall–Kier alpha value is -0.610. The molecule has 0 spiro atoms. The molecule has 1 atom stereocenters. The molecular weight excluding hydrogens is 242 g/mol. The van der Waals surface area contributed by atoms with Crippen LogP contribution in [0.4, 0.5) is 0 Å². The first kappa shape index (κ1) is 18.4. The fourth-order valence-corrected chi connectivity index (χ4v) is 2.19. The van der Waals surface area contributed by atoms with E-state index in [2.05, 4.69) is 11.8 Å². The van der Waals surface area contributed by atoms with Crippen LogP contribution in [-0.4, -0.2) is 16.7 Å². The third-order valence-electron chi connectivity index (χ3n) is 3.56.